The summed E-state index contributed by atoms with van der Waals surface area (Å²) in [6.45, 7) is 0.471. The molecule has 3 aromatic rings. The molecule has 0 fully saturated rings. The van der Waals surface area contributed by atoms with Crippen LogP contribution in [0.4, 0.5) is 5.82 Å². The van der Waals surface area contributed by atoms with Crippen LogP contribution in [-0.2, 0) is 21.4 Å². The molecular weight excluding hydrogens is 446 g/mol. The summed E-state index contributed by atoms with van der Waals surface area (Å²) in [5.74, 6) is 0.0656. The predicted molar refractivity (Wildman–Crippen MR) is 108 cm³/mol. The second-order valence-corrected chi connectivity index (χ2v) is 8.56. The number of nitrogens with one attached hydrogen (secondary N) is 2. The van der Waals surface area contributed by atoms with E-state index in [1.807, 2.05) is 18.2 Å². The molecule has 0 atom stereocenters. The van der Waals surface area contributed by atoms with Gasteiger partial charge < -0.3 is 5.32 Å². The summed E-state index contributed by atoms with van der Waals surface area (Å²) >= 11 is 3.24. The molecule has 0 unspecified atom stereocenters. The molecule has 0 bridgehead atoms. The molecule has 0 radical (unpaired) electrons. The van der Waals surface area contributed by atoms with Crippen LogP contribution in [0.5, 0.6) is 0 Å². The van der Waals surface area contributed by atoms with Crippen molar-refractivity contribution >= 4 is 37.7 Å². The Hall–Kier alpha value is -2.56. The Kier molecular flexibility index (Phi) is 6.55. The molecule has 0 aliphatic carbocycles. The number of benzene rings is 1. The van der Waals surface area contributed by atoms with Crippen LogP contribution in [0, 0.1) is 0 Å². The maximum Gasteiger partial charge on any atom is 0.240 e. The lowest BCUT2D eigenvalue weighted by Crippen LogP contribution is -2.28. The number of amides is 1. The van der Waals surface area contributed by atoms with Crippen molar-refractivity contribution in [3.63, 3.8) is 0 Å². The Morgan fingerprint density at radius 3 is 2.75 bits per heavy atom. The van der Waals surface area contributed by atoms with Gasteiger partial charge in [0, 0.05) is 35.9 Å². The maximum atomic E-state index is 12.2. The van der Waals surface area contributed by atoms with Crippen LogP contribution >= 0.6 is 15.9 Å². The molecule has 28 heavy (non-hydrogen) atoms. The van der Waals surface area contributed by atoms with Gasteiger partial charge in [-0.2, -0.15) is 5.10 Å². The smallest absolute Gasteiger partial charge is 0.240 e. The number of carbonyl (C=O) groups excluding carboxylic acids is 1. The lowest BCUT2D eigenvalue weighted by molar-refractivity contribution is -0.116. The van der Waals surface area contributed by atoms with Crippen molar-refractivity contribution in [2.24, 2.45) is 0 Å². The minimum absolute atomic E-state index is 0.0136. The number of hydrogen-bond acceptors (Lipinski definition) is 5. The van der Waals surface area contributed by atoms with Gasteiger partial charge in [-0.25, -0.2) is 13.1 Å². The number of nitrogens with zero attached hydrogens (tertiary/aromatic N) is 3. The highest BCUT2D eigenvalue weighted by molar-refractivity contribution is 9.10. The standard InChI is InChI=1S/C18H18BrN5O3S/c19-14-4-3-6-16(12-14)28(26,27)21-10-7-18(25)22-17-8-11-24(23-17)13-15-5-1-2-9-20-15/h1-6,8-9,11-12,21H,7,10,13H2,(H,22,23,25). The first-order valence-corrected chi connectivity index (χ1v) is 10.7. The molecule has 1 aromatic carbocycles. The molecule has 2 heterocycles. The molecule has 0 spiro atoms. The number of anilines is 1. The fraction of sp³-hybridized carbons (Fsp3) is 0.167. The first-order chi connectivity index (χ1) is 13.4. The van der Waals surface area contributed by atoms with E-state index >= 15 is 0 Å². The summed E-state index contributed by atoms with van der Waals surface area (Å²) in [5, 5.41) is 6.91. The Morgan fingerprint density at radius 2 is 2.00 bits per heavy atom. The molecular formula is C18H18BrN5O3S. The lowest BCUT2D eigenvalue weighted by atomic mass is 10.3. The minimum atomic E-state index is -3.67. The van der Waals surface area contributed by atoms with Crippen LogP contribution in [0.25, 0.3) is 0 Å². The van der Waals surface area contributed by atoms with Crippen molar-refractivity contribution in [2.75, 3.05) is 11.9 Å². The minimum Gasteiger partial charge on any atom is -0.309 e. The van der Waals surface area contributed by atoms with Crippen molar-refractivity contribution < 1.29 is 13.2 Å². The highest BCUT2D eigenvalue weighted by Crippen LogP contribution is 2.15. The number of hydrogen-bond donors (Lipinski definition) is 2. The van der Waals surface area contributed by atoms with Crippen LogP contribution in [0.1, 0.15) is 12.1 Å². The number of rotatable bonds is 8. The normalized spacial score (nSPS) is 11.3. The van der Waals surface area contributed by atoms with Crippen LogP contribution in [-0.4, -0.2) is 35.6 Å². The number of pyridine rings is 1. The summed E-state index contributed by atoms with van der Waals surface area (Å²) in [6, 6.07) is 13.6. The third kappa shape index (κ3) is 5.72. The largest absolute Gasteiger partial charge is 0.309 e. The summed E-state index contributed by atoms with van der Waals surface area (Å²) in [4.78, 5) is 16.4. The molecule has 0 saturated heterocycles. The Bertz CT molecular complexity index is 1050. The van der Waals surface area contributed by atoms with Gasteiger partial charge in [0.05, 0.1) is 17.1 Å². The van der Waals surface area contributed by atoms with E-state index in [-0.39, 0.29) is 23.8 Å². The van der Waals surface area contributed by atoms with Gasteiger partial charge in [0.25, 0.3) is 0 Å². The zero-order valence-electron chi connectivity index (χ0n) is 14.7. The Labute approximate surface area is 171 Å². The fourth-order valence-electron chi connectivity index (χ4n) is 2.40. The van der Waals surface area contributed by atoms with E-state index in [2.05, 4.69) is 36.1 Å². The van der Waals surface area contributed by atoms with E-state index in [4.69, 9.17) is 0 Å². The second-order valence-electron chi connectivity index (χ2n) is 5.87. The third-order valence-corrected chi connectivity index (χ3v) is 5.66. The maximum absolute atomic E-state index is 12.2. The van der Waals surface area contributed by atoms with Gasteiger partial charge in [0.15, 0.2) is 5.82 Å². The van der Waals surface area contributed by atoms with Crippen LogP contribution in [0.3, 0.4) is 0 Å². The van der Waals surface area contributed by atoms with Gasteiger partial charge in [0.2, 0.25) is 15.9 Å². The molecule has 1 amide bonds. The van der Waals surface area contributed by atoms with Gasteiger partial charge in [-0.05, 0) is 30.3 Å². The predicted octanol–water partition coefficient (Wildman–Crippen LogP) is 2.40. The number of aromatic nitrogens is 3. The van der Waals surface area contributed by atoms with E-state index in [1.165, 1.54) is 12.1 Å². The monoisotopic (exact) mass is 463 g/mol. The van der Waals surface area contributed by atoms with Crippen molar-refractivity contribution in [2.45, 2.75) is 17.9 Å². The number of carbonyl (C=O) groups is 1. The van der Waals surface area contributed by atoms with Crippen LogP contribution in [0.2, 0.25) is 0 Å². The highest BCUT2D eigenvalue weighted by Gasteiger charge is 2.14. The van der Waals surface area contributed by atoms with Crippen LogP contribution in [0.15, 0.2) is 70.3 Å². The molecule has 0 saturated carbocycles. The van der Waals surface area contributed by atoms with Crippen molar-refractivity contribution in [3.05, 3.63) is 71.1 Å². The number of halogens is 1. The first-order valence-electron chi connectivity index (χ1n) is 8.41. The highest BCUT2D eigenvalue weighted by atomic mass is 79.9. The quantitative estimate of drug-likeness (QED) is 0.533. The zero-order valence-corrected chi connectivity index (χ0v) is 17.1. The second kappa shape index (κ2) is 9.09. The molecule has 2 aromatic heterocycles. The third-order valence-electron chi connectivity index (χ3n) is 3.71. The molecule has 8 nitrogen and oxygen atoms in total. The van der Waals surface area contributed by atoms with E-state index in [9.17, 15) is 13.2 Å². The Morgan fingerprint density at radius 1 is 1.14 bits per heavy atom. The van der Waals surface area contributed by atoms with Crippen molar-refractivity contribution in [1.82, 2.24) is 19.5 Å². The molecule has 2 N–H and O–H groups in total. The van der Waals surface area contributed by atoms with Crippen LogP contribution < -0.4 is 10.0 Å². The van der Waals surface area contributed by atoms with E-state index < -0.39 is 10.0 Å². The topological polar surface area (TPSA) is 106 Å². The van der Waals surface area contributed by atoms with Gasteiger partial charge in [-0.15, -0.1) is 0 Å². The summed E-state index contributed by atoms with van der Waals surface area (Å²) in [7, 11) is -3.67. The van der Waals surface area contributed by atoms with Gasteiger partial charge in [-0.1, -0.05) is 28.1 Å². The van der Waals surface area contributed by atoms with Gasteiger partial charge in [-0.3, -0.25) is 14.5 Å². The molecule has 0 aliphatic rings. The zero-order chi connectivity index (χ0) is 20.0. The SMILES string of the molecule is O=C(CCNS(=O)(=O)c1cccc(Br)c1)Nc1ccn(Cc2ccccn2)n1. The van der Waals surface area contributed by atoms with E-state index in [1.54, 1.807) is 35.3 Å². The first kappa shape index (κ1) is 20.2. The molecule has 10 heteroatoms. The van der Waals surface area contributed by atoms with Gasteiger partial charge >= 0.3 is 0 Å². The Balaban J connectivity index is 1.48. The molecule has 146 valence electrons. The summed E-state index contributed by atoms with van der Waals surface area (Å²) < 4.78 is 29.2. The molecule has 0 aliphatic heterocycles. The average Bonchev–Trinajstić information content (AvgIpc) is 3.09. The molecule has 3 rings (SSSR count). The van der Waals surface area contributed by atoms with E-state index in [0.29, 0.717) is 16.8 Å². The number of sulfonamides is 1. The summed E-state index contributed by atoms with van der Waals surface area (Å²) in [6.07, 6.45) is 3.43. The lowest BCUT2D eigenvalue weighted by Gasteiger charge is -2.07. The average molecular weight is 464 g/mol. The van der Waals surface area contributed by atoms with Gasteiger partial charge in [0.1, 0.15) is 0 Å². The van der Waals surface area contributed by atoms with E-state index in [0.717, 1.165) is 5.69 Å². The van der Waals surface area contributed by atoms with Crippen molar-refractivity contribution in [1.29, 1.82) is 0 Å². The van der Waals surface area contributed by atoms with Crippen molar-refractivity contribution in [3.8, 4) is 0 Å². The summed E-state index contributed by atoms with van der Waals surface area (Å²) in [5.41, 5.74) is 0.852. The fourth-order valence-corrected chi connectivity index (χ4v) is 4.02.